The van der Waals surface area contributed by atoms with Crippen molar-refractivity contribution in [2.24, 2.45) is 62.9 Å². The molecule has 0 amide bonds. The molecule has 6 N–H and O–H groups in total. The van der Waals surface area contributed by atoms with Crippen LogP contribution < -0.4 is 5.73 Å². The molecule has 380 valence electrons. The van der Waals surface area contributed by atoms with Gasteiger partial charge < -0.3 is 45.1 Å². The number of carbonyl (C=O) groups excluding carboxylic acids is 6. The number of nitrogens with two attached hydrogens (primary N) is 1. The molecule has 8 aliphatic carbocycles. The van der Waals surface area contributed by atoms with Gasteiger partial charge in [-0.05, 0) is 120 Å². The van der Waals surface area contributed by atoms with Gasteiger partial charge in [-0.2, -0.15) is 0 Å². The predicted molar refractivity (Wildman–Crippen MR) is 242 cm³/mol. The number of fused-ring (bicyclic) bond motifs is 10. The second-order valence-electron chi connectivity index (χ2n) is 22.6. The SMILES string of the molecule is CC(CCOC(CN)C(=O)OCC(=O)[C@@]1(O)[C@H](C)C[C@H]2[C@@H]3CCC4=CC(=O)C=C[C@]4(C)[C@@]3(F)[C@@H](O)C[C@@]21C)OC(=O)OCC(=O)[C@@]1(O)[C@H](C)C[C@H]2[C@@H]3CCC4=CC(=O)C=C[C@]4(C)[C@@]3(F)[C@@H](O)C[C@@]21C. The summed E-state index contributed by atoms with van der Waals surface area (Å²) in [7, 11) is 0. The highest BCUT2D eigenvalue weighted by atomic mass is 19.1. The molecule has 0 saturated heterocycles. The second-order valence-corrected chi connectivity index (χ2v) is 22.6. The summed E-state index contributed by atoms with van der Waals surface area (Å²) < 4.78 is 56.6. The van der Waals surface area contributed by atoms with Crippen molar-refractivity contribution in [1.29, 1.82) is 0 Å². The Morgan fingerprint density at radius 2 is 1.17 bits per heavy atom. The molecule has 6 fully saturated rings. The van der Waals surface area contributed by atoms with E-state index in [0.717, 1.165) is 0 Å². The zero-order chi connectivity index (χ0) is 50.7. The van der Waals surface area contributed by atoms with Gasteiger partial charge in [0.15, 0.2) is 42.2 Å². The van der Waals surface area contributed by atoms with Gasteiger partial charge in [-0.15, -0.1) is 0 Å². The quantitative estimate of drug-likeness (QED) is 0.158. The number of carbonyl (C=O) groups is 6. The van der Waals surface area contributed by atoms with E-state index in [1.165, 1.54) is 43.4 Å². The number of ketones is 4. The van der Waals surface area contributed by atoms with Crippen molar-refractivity contribution in [2.75, 3.05) is 26.4 Å². The van der Waals surface area contributed by atoms with Crippen molar-refractivity contribution in [2.45, 2.75) is 153 Å². The lowest BCUT2D eigenvalue weighted by Gasteiger charge is -2.62. The largest absolute Gasteiger partial charge is 0.508 e. The maximum Gasteiger partial charge on any atom is 0.508 e. The molecule has 8 rings (SSSR count). The van der Waals surface area contributed by atoms with Crippen LogP contribution >= 0.6 is 0 Å². The highest BCUT2D eigenvalue weighted by Gasteiger charge is 2.77. The van der Waals surface area contributed by atoms with E-state index in [0.29, 0.717) is 36.8 Å². The number of hydrogen-bond donors (Lipinski definition) is 5. The highest BCUT2D eigenvalue weighted by molar-refractivity contribution is 6.02. The Morgan fingerprint density at radius 3 is 1.61 bits per heavy atom. The maximum absolute atomic E-state index is 17.6. The monoisotopic (exact) mass is 969 g/mol. The molecule has 6 saturated carbocycles. The van der Waals surface area contributed by atoms with Crippen LogP contribution in [0.25, 0.3) is 0 Å². The maximum atomic E-state index is 17.6. The Bertz CT molecular complexity index is 2320. The molecule has 0 heterocycles. The van der Waals surface area contributed by atoms with Crippen LogP contribution in [0.2, 0.25) is 0 Å². The van der Waals surface area contributed by atoms with Crippen LogP contribution in [0.15, 0.2) is 47.6 Å². The number of rotatable bonds is 13. The fourth-order valence-electron chi connectivity index (χ4n) is 15.7. The van der Waals surface area contributed by atoms with E-state index in [-0.39, 0.29) is 56.8 Å². The van der Waals surface area contributed by atoms with Crippen molar-refractivity contribution < 1.29 is 76.9 Å². The van der Waals surface area contributed by atoms with Gasteiger partial charge in [-0.1, -0.05) is 51.0 Å². The fourth-order valence-corrected chi connectivity index (χ4v) is 15.7. The van der Waals surface area contributed by atoms with Crippen LogP contribution in [0.3, 0.4) is 0 Å². The number of Topliss-reactive ketones (excluding diaryl/α,β-unsaturated/α-hetero) is 2. The fraction of sp³-hybridized carbons (Fsp3) is 0.731. The lowest BCUT2D eigenvalue weighted by molar-refractivity contribution is -0.220. The number of alkyl halides is 2. The molecule has 0 spiro atoms. The van der Waals surface area contributed by atoms with Gasteiger partial charge in [0.1, 0.15) is 17.3 Å². The summed E-state index contributed by atoms with van der Waals surface area (Å²) in [4.78, 5) is 78.3. The number of aliphatic hydroxyl groups is 4. The molecule has 0 aromatic rings. The number of aliphatic hydroxyl groups excluding tert-OH is 2. The summed E-state index contributed by atoms with van der Waals surface area (Å²) in [5, 5.41) is 47.7. The number of halogens is 2. The molecule has 69 heavy (non-hydrogen) atoms. The molecule has 0 radical (unpaired) electrons. The normalized spacial score (nSPS) is 45.8. The average molecular weight is 970 g/mol. The molecule has 18 atom stereocenters. The number of ether oxygens (including phenoxy) is 4. The van der Waals surface area contributed by atoms with Gasteiger partial charge in [0.05, 0.1) is 18.8 Å². The molecular weight excluding hydrogens is 901 g/mol. The standard InChI is InChI=1S/C52H69F2NO14/c1-27-18-36-34-10-8-30-20-32(56)12-15-45(30,4)49(34,53)39(58)22-47(36,6)51(27,64)41(60)25-67-43(62)38(24-55)66-17-14-29(3)69-44(63)68-26-42(61)52(65)28(2)19-37-35-11-9-31-21-33(57)13-16-46(31,5)50(35,54)40(59)23-48(37,52)7/h12-13,15-16,20-21,27-29,34-40,58-59,64-65H,8-11,14,17-19,22-26,55H2,1-7H3/t27-,28-,29?,34+,35+,36+,37+,38?,39+,40+,45+,46+,47+,48+,49+,50+,51+,52+/m1/s1. The van der Waals surface area contributed by atoms with Crippen molar-refractivity contribution in [3.8, 4) is 0 Å². The first-order valence-corrected chi connectivity index (χ1v) is 24.6. The van der Waals surface area contributed by atoms with Crippen molar-refractivity contribution in [1.82, 2.24) is 0 Å². The molecule has 0 bridgehead atoms. The van der Waals surface area contributed by atoms with Crippen molar-refractivity contribution >= 4 is 35.3 Å². The van der Waals surface area contributed by atoms with Gasteiger partial charge in [-0.3, -0.25) is 19.2 Å². The van der Waals surface area contributed by atoms with Crippen molar-refractivity contribution in [3.63, 3.8) is 0 Å². The van der Waals surface area contributed by atoms with Crippen LogP contribution in [0.5, 0.6) is 0 Å². The highest BCUT2D eigenvalue weighted by Crippen LogP contribution is 2.72. The van der Waals surface area contributed by atoms with E-state index in [4.69, 9.17) is 24.7 Å². The Morgan fingerprint density at radius 1 is 0.739 bits per heavy atom. The average Bonchev–Trinajstić information content (AvgIpc) is 3.62. The van der Waals surface area contributed by atoms with Gasteiger partial charge in [0.2, 0.25) is 11.6 Å². The van der Waals surface area contributed by atoms with Gasteiger partial charge in [0, 0.05) is 46.5 Å². The minimum absolute atomic E-state index is 0.0227. The minimum atomic E-state index is -2.15. The van der Waals surface area contributed by atoms with Gasteiger partial charge in [0.25, 0.3) is 0 Å². The summed E-state index contributed by atoms with van der Waals surface area (Å²) in [5.74, 6) is -6.93. The van der Waals surface area contributed by atoms with Crippen LogP contribution in [0, 0.1) is 57.2 Å². The zero-order valence-electron chi connectivity index (χ0n) is 40.6. The summed E-state index contributed by atoms with van der Waals surface area (Å²) >= 11 is 0. The molecule has 0 aromatic carbocycles. The predicted octanol–water partition coefficient (Wildman–Crippen LogP) is 4.64. The van der Waals surface area contributed by atoms with E-state index in [9.17, 15) is 49.2 Å². The van der Waals surface area contributed by atoms with E-state index in [1.54, 1.807) is 41.5 Å². The lowest BCUT2D eigenvalue weighted by Crippen LogP contribution is -2.69. The van der Waals surface area contributed by atoms with Crippen LogP contribution in [-0.2, 0) is 42.9 Å². The van der Waals surface area contributed by atoms with Crippen molar-refractivity contribution in [3.05, 3.63) is 47.6 Å². The first-order chi connectivity index (χ1) is 32.1. The lowest BCUT2D eigenvalue weighted by atomic mass is 9.44. The molecule has 2 unspecified atom stereocenters. The van der Waals surface area contributed by atoms with E-state index in [1.807, 2.05) is 0 Å². The molecule has 0 aliphatic heterocycles. The third kappa shape index (κ3) is 7.11. The second kappa shape index (κ2) is 17.3. The summed E-state index contributed by atoms with van der Waals surface area (Å²) in [6.45, 7) is 9.38. The first kappa shape index (κ1) is 51.4. The Labute approximate surface area is 401 Å². The molecule has 17 heteroatoms. The van der Waals surface area contributed by atoms with E-state index < -0.39 is 141 Å². The number of esters is 1. The van der Waals surface area contributed by atoms with Crippen LogP contribution in [-0.4, -0.2) is 129 Å². The first-order valence-electron chi connectivity index (χ1n) is 24.6. The summed E-state index contributed by atoms with van der Waals surface area (Å²) in [6.07, 6.45) is 3.57. The molecular formula is C52H69F2NO14. The van der Waals surface area contributed by atoms with Gasteiger partial charge in [-0.25, -0.2) is 18.4 Å². The minimum Gasteiger partial charge on any atom is -0.456 e. The molecule has 0 aromatic heterocycles. The topological polar surface area (TPSA) is 246 Å². The zero-order valence-corrected chi connectivity index (χ0v) is 40.6. The Hall–Kier alpha value is -4.00. The smallest absolute Gasteiger partial charge is 0.456 e. The summed E-state index contributed by atoms with van der Waals surface area (Å²) in [5.41, 5.74) is -6.44. The number of hydrogen-bond acceptors (Lipinski definition) is 15. The Kier molecular flexibility index (Phi) is 12.9. The van der Waals surface area contributed by atoms with Gasteiger partial charge >= 0.3 is 12.1 Å². The number of allylic oxidation sites excluding steroid dienone is 8. The van der Waals surface area contributed by atoms with Crippen LogP contribution in [0.4, 0.5) is 13.6 Å². The summed E-state index contributed by atoms with van der Waals surface area (Å²) in [6, 6.07) is 0. The van der Waals surface area contributed by atoms with Crippen LogP contribution in [0.1, 0.15) is 106 Å². The molecule has 8 aliphatic rings. The van der Waals surface area contributed by atoms with E-state index in [2.05, 4.69) is 0 Å². The molecule has 15 nitrogen and oxygen atoms in total. The third-order valence-electron chi connectivity index (χ3n) is 19.6. The van der Waals surface area contributed by atoms with E-state index >= 15 is 8.78 Å². The Balaban J connectivity index is 0.816. The third-order valence-corrected chi connectivity index (χ3v) is 19.6.